The van der Waals surface area contributed by atoms with Crippen molar-refractivity contribution in [1.29, 1.82) is 0 Å². The average Bonchev–Trinajstić information content (AvgIpc) is 2.87. The van der Waals surface area contributed by atoms with E-state index in [0.29, 0.717) is 36.8 Å². The molecule has 20 heavy (non-hydrogen) atoms. The third-order valence-electron chi connectivity index (χ3n) is 3.04. The van der Waals surface area contributed by atoms with Crippen LogP contribution in [-0.4, -0.2) is 30.8 Å². The number of carbonyl (C=O) groups is 1. The molecular formula is C15H19NO4. The average molecular weight is 277 g/mol. The molecule has 108 valence electrons. The molecule has 1 aromatic rings. The summed E-state index contributed by atoms with van der Waals surface area (Å²) < 4.78 is 16.1. The van der Waals surface area contributed by atoms with Gasteiger partial charge in [-0.05, 0) is 39.0 Å². The van der Waals surface area contributed by atoms with Gasteiger partial charge >= 0.3 is 5.97 Å². The van der Waals surface area contributed by atoms with Crippen LogP contribution in [0.4, 0.5) is 0 Å². The molecule has 1 aliphatic heterocycles. The molecule has 0 aliphatic carbocycles. The lowest BCUT2D eigenvalue weighted by Gasteiger charge is -2.21. The van der Waals surface area contributed by atoms with Crippen LogP contribution in [0.1, 0.15) is 32.2 Å². The molecule has 0 aromatic carbocycles. The molecule has 5 nitrogen and oxygen atoms in total. The number of nitrogens with zero attached hydrogens (tertiary/aromatic N) is 1. The summed E-state index contributed by atoms with van der Waals surface area (Å²) in [5.41, 5.74) is 1.88. The summed E-state index contributed by atoms with van der Waals surface area (Å²) in [5, 5.41) is 0. The van der Waals surface area contributed by atoms with Crippen LogP contribution in [0.2, 0.25) is 0 Å². The summed E-state index contributed by atoms with van der Waals surface area (Å²) in [4.78, 5) is 16.1. The Morgan fingerprint density at radius 3 is 2.80 bits per heavy atom. The molecule has 5 heteroatoms. The van der Waals surface area contributed by atoms with Gasteiger partial charge in [0.2, 0.25) is 5.79 Å². The molecule has 0 N–H and O–H groups in total. The molecule has 1 aliphatic rings. The van der Waals surface area contributed by atoms with Gasteiger partial charge in [0.15, 0.2) is 0 Å². The summed E-state index contributed by atoms with van der Waals surface area (Å²) >= 11 is 0. The molecule has 1 fully saturated rings. The van der Waals surface area contributed by atoms with Crippen LogP contribution < -0.4 is 0 Å². The summed E-state index contributed by atoms with van der Waals surface area (Å²) in [5.74, 6) is -1.14. The van der Waals surface area contributed by atoms with Gasteiger partial charge in [-0.2, -0.15) is 0 Å². The third-order valence-corrected chi connectivity index (χ3v) is 3.04. The quantitative estimate of drug-likeness (QED) is 0.624. The number of aromatic nitrogens is 1. The highest BCUT2D eigenvalue weighted by atomic mass is 16.7. The van der Waals surface area contributed by atoms with Gasteiger partial charge < -0.3 is 14.2 Å². The Balaban J connectivity index is 2.22. The van der Waals surface area contributed by atoms with Crippen molar-refractivity contribution >= 4 is 12.0 Å². The molecule has 1 saturated heterocycles. The first-order valence-corrected chi connectivity index (χ1v) is 6.66. The van der Waals surface area contributed by atoms with Crippen molar-refractivity contribution in [1.82, 2.24) is 4.98 Å². The number of rotatable bonds is 4. The van der Waals surface area contributed by atoms with Crippen molar-refractivity contribution in [3.63, 3.8) is 0 Å². The minimum atomic E-state index is -0.804. The van der Waals surface area contributed by atoms with Crippen molar-refractivity contribution < 1.29 is 19.0 Å². The molecule has 2 rings (SSSR count). The molecule has 0 bridgehead atoms. The Hall–Kier alpha value is -1.72. The van der Waals surface area contributed by atoms with Crippen LogP contribution in [-0.2, 0) is 24.8 Å². The molecule has 0 spiro atoms. The minimum absolute atomic E-state index is 0.334. The van der Waals surface area contributed by atoms with Crippen molar-refractivity contribution in [3.05, 3.63) is 35.2 Å². The lowest BCUT2D eigenvalue weighted by atomic mass is 10.1. The van der Waals surface area contributed by atoms with E-state index in [4.69, 9.17) is 14.2 Å². The van der Waals surface area contributed by atoms with Crippen LogP contribution in [0.15, 0.2) is 23.8 Å². The molecule has 0 amide bonds. The van der Waals surface area contributed by atoms with Crippen LogP contribution in [0.25, 0.3) is 6.08 Å². The molecular weight excluding hydrogens is 258 g/mol. The standard InChI is InChI=1S/C15H19NO4/c1-4-18-14(17)11(2)10-12-6-5-7-13(16-12)15(3)19-8-9-20-15/h5-7,10H,4,8-9H2,1-3H3/b11-10+. The van der Waals surface area contributed by atoms with Crippen LogP contribution in [0.5, 0.6) is 0 Å². The Morgan fingerprint density at radius 1 is 1.45 bits per heavy atom. The fraction of sp³-hybridized carbons (Fsp3) is 0.467. The predicted molar refractivity (Wildman–Crippen MR) is 73.8 cm³/mol. The molecule has 2 heterocycles. The summed E-state index contributed by atoms with van der Waals surface area (Å²) in [6, 6.07) is 5.54. The Bertz CT molecular complexity index is 518. The number of esters is 1. The first kappa shape index (κ1) is 14.7. The van der Waals surface area contributed by atoms with E-state index in [2.05, 4.69) is 4.98 Å². The van der Waals surface area contributed by atoms with E-state index in [1.54, 1.807) is 19.9 Å². The highest BCUT2D eigenvalue weighted by molar-refractivity contribution is 5.92. The lowest BCUT2D eigenvalue weighted by Crippen LogP contribution is -2.24. The van der Waals surface area contributed by atoms with Gasteiger partial charge in [0.25, 0.3) is 0 Å². The van der Waals surface area contributed by atoms with Crippen LogP contribution in [0.3, 0.4) is 0 Å². The van der Waals surface area contributed by atoms with Gasteiger partial charge in [-0.15, -0.1) is 0 Å². The predicted octanol–water partition coefficient (Wildman–Crippen LogP) is 2.27. The zero-order valence-corrected chi connectivity index (χ0v) is 12.0. The molecule has 0 atom stereocenters. The Labute approximate surface area is 118 Å². The van der Waals surface area contributed by atoms with Crippen molar-refractivity contribution in [3.8, 4) is 0 Å². The summed E-state index contributed by atoms with van der Waals surface area (Å²) in [6.07, 6.45) is 1.69. The Kier molecular flexibility index (Phi) is 4.52. The second-order valence-corrected chi connectivity index (χ2v) is 4.64. The molecule has 0 saturated carbocycles. The van der Waals surface area contributed by atoms with E-state index in [9.17, 15) is 4.79 Å². The normalized spacial score (nSPS) is 18.1. The smallest absolute Gasteiger partial charge is 0.333 e. The Morgan fingerprint density at radius 2 is 2.15 bits per heavy atom. The second kappa shape index (κ2) is 6.15. The largest absolute Gasteiger partial charge is 0.463 e. The first-order valence-electron chi connectivity index (χ1n) is 6.66. The number of ether oxygens (including phenoxy) is 3. The lowest BCUT2D eigenvalue weighted by molar-refractivity contribution is -0.152. The van der Waals surface area contributed by atoms with Gasteiger partial charge in [0.05, 0.1) is 31.2 Å². The number of hydrogen-bond donors (Lipinski definition) is 0. The highest BCUT2D eigenvalue weighted by Crippen LogP contribution is 2.29. The maximum atomic E-state index is 11.6. The maximum Gasteiger partial charge on any atom is 0.333 e. The fourth-order valence-corrected chi connectivity index (χ4v) is 1.97. The zero-order chi connectivity index (χ0) is 14.6. The zero-order valence-electron chi connectivity index (χ0n) is 12.0. The van der Waals surface area contributed by atoms with Gasteiger partial charge in [0.1, 0.15) is 0 Å². The topological polar surface area (TPSA) is 57.7 Å². The number of pyridine rings is 1. The van der Waals surface area contributed by atoms with Crippen molar-refractivity contribution in [2.24, 2.45) is 0 Å². The van der Waals surface area contributed by atoms with Gasteiger partial charge in [-0.3, -0.25) is 0 Å². The summed E-state index contributed by atoms with van der Waals surface area (Å²) in [6.45, 7) is 6.79. The van der Waals surface area contributed by atoms with Gasteiger partial charge in [0, 0.05) is 5.57 Å². The maximum absolute atomic E-state index is 11.6. The van der Waals surface area contributed by atoms with E-state index in [0.717, 1.165) is 0 Å². The second-order valence-electron chi connectivity index (χ2n) is 4.64. The van der Waals surface area contributed by atoms with E-state index < -0.39 is 5.79 Å². The van der Waals surface area contributed by atoms with E-state index in [1.807, 2.05) is 25.1 Å². The van der Waals surface area contributed by atoms with E-state index in [1.165, 1.54) is 0 Å². The monoisotopic (exact) mass is 277 g/mol. The van der Waals surface area contributed by atoms with Crippen molar-refractivity contribution in [2.75, 3.05) is 19.8 Å². The molecule has 0 unspecified atom stereocenters. The van der Waals surface area contributed by atoms with Crippen LogP contribution in [0, 0.1) is 0 Å². The van der Waals surface area contributed by atoms with E-state index >= 15 is 0 Å². The minimum Gasteiger partial charge on any atom is -0.463 e. The van der Waals surface area contributed by atoms with Gasteiger partial charge in [-0.1, -0.05) is 6.07 Å². The summed E-state index contributed by atoms with van der Waals surface area (Å²) in [7, 11) is 0. The van der Waals surface area contributed by atoms with Crippen molar-refractivity contribution in [2.45, 2.75) is 26.6 Å². The fourth-order valence-electron chi connectivity index (χ4n) is 1.97. The first-order chi connectivity index (χ1) is 9.55. The van der Waals surface area contributed by atoms with Gasteiger partial charge in [-0.25, -0.2) is 9.78 Å². The van der Waals surface area contributed by atoms with E-state index in [-0.39, 0.29) is 5.97 Å². The van der Waals surface area contributed by atoms with Crippen LogP contribution >= 0.6 is 0 Å². The molecule has 1 aromatic heterocycles. The highest BCUT2D eigenvalue weighted by Gasteiger charge is 2.34. The third kappa shape index (κ3) is 3.23. The number of carbonyl (C=O) groups excluding carboxylic acids is 1. The SMILES string of the molecule is CCOC(=O)/C(C)=C/c1cccc(C2(C)OCCO2)n1. The molecule has 0 radical (unpaired) electrons. The number of hydrogen-bond acceptors (Lipinski definition) is 5.